The minimum atomic E-state index is -0.00930. The van der Waals surface area contributed by atoms with Gasteiger partial charge in [0.15, 0.2) is 0 Å². The van der Waals surface area contributed by atoms with E-state index in [0.29, 0.717) is 19.0 Å². The summed E-state index contributed by atoms with van der Waals surface area (Å²) in [5.41, 5.74) is 6.85. The number of nitrogens with two attached hydrogens (primary N) is 1. The highest BCUT2D eigenvalue weighted by molar-refractivity contribution is 5.80. The predicted octanol–water partition coefficient (Wildman–Crippen LogP) is 0.952. The van der Waals surface area contributed by atoms with Crippen molar-refractivity contribution in [2.75, 3.05) is 18.4 Å². The molecule has 1 saturated carbocycles. The first-order valence-corrected chi connectivity index (χ1v) is 6.07. The lowest BCUT2D eigenvalue weighted by atomic mass is 10.2. The molecule has 1 aliphatic rings. The lowest BCUT2D eigenvalue weighted by molar-refractivity contribution is -0.119. The molecule has 1 atom stereocenters. The minimum Gasteiger partial charge on any atom is -0.376 e. The van der Waals surface area contributed by atoms with E-state index in [-0.39, 0.29) is 11.9 Å². The number of rotatable bonds is 6. The summed E-state index contributed by atoms with van der Waals surface area (Å²) in [6.07, 6.45) is 2.42. The number of benzene rings is 1. The lowest BCUT2D eigenvalue weighted by Gasteiger charge is -2.12. The minimum absolute atomic E-state index is 0.00930. The molecule has 1 unspecified atom stereocenters. The van der Waals surface area contributed by atoms with Gasteiger partial charge in [-0.1, -0.05) is 18.2 Å². The van der Waals surface area contributed by atoms with Gasteiger partial charge in [0.25, 0.3) is 0 Å². The molecule has 4 heteroatoms. The molecule has 0 heterocycles. The third-order valence-corrected chi connectivity index (χ3v) is 2.99. The summed E-state index contributed by atoms with van der Waals surface area (Å²) in [7, 11) is 0. The Morgan fingerprint density at radius 1 is 1.35 bits per heavy atom. The molecule has 92 valence electrons. The van der Waals surface area contributed by atoms with Crippen molar-refractivity contribution < 1.29 is 4.79 Å². The predicted molar refractivity (Wildman–Crippen MR) is 68.6 cm³/mol. The summed E-state index contributed by atoms with van der Waals surface area (Å²) < 4.78 is 0. The Kier molecular flexibility index (Phi) is 3.98. The molecule has 4 N–H and O–H groups in total. The molecular formula is C13H19N3O. The summed E-state index contributed by atoms with van der Waals surface area (Å²) in [6.45, 7) is 0.876. The quantitative estimate of drug-likeness (QED) is 0.685. The number of hydrogen-bond donors (Lipinski definition) is 3. The fourth-order valence-electron chi connectivity index (χ4n) is 1.72. The van der Waals surface area contributed by atoms with E-state index in [9.17, 15) is 4.79 Å². The van der Waals surface area contributed by atoms with Gasteiger partial charge in [0.1, 0.15) is 0 Å². The van der Waals surface area contributed by atoms with Crippen LogP contribution in [0.5, 0.6) is 0 Å². The van der Waals surface area contributed by atoms with Crippen LogP contribution in [0.1, 0.15) is 12.8 Å². The number of amides is 1. The van der Waals surface area contributed by atoms with E-state index in [1.54, 1.807) is 0 Å². The average Bonchev–Trinajstić information content (AvgIpc) is 3.19. The zero-order chi connectivity index (χ0) is 12.1. The zero-order valence-corrected chi connectivity index (χ0v) is 9.86. The van der Waals surface area contributed by atoms with Crippen LogP contribution in [0.4, 0.5) is 5.69 Å². The van der Waals surface area contributed by atoms with Crippen molar-refractivity contribution >= 4 is 11.6 Å². The number of carbonyl (C=O) groups is 1. The third kappa shape index (κ3) is 4.07. The van der Waals surface area contributed by atoms with Crippen LogP contribution in [0.2, 0.25) is 0 Å². The van der Waals surface area contributed by atoms with Crippen LogP contribution in [-0.4, -0.2) is 25.0 Å². The Hall–Kier alpha value is -1.55. The van der Waals surface area contributed by atoms with Crippen LogP contribution in [0.25, 0.3) is 0 Å². The first kappa shape index (κ1) is 11.9. The molecule has 1 fully saturated rings. The van der Waals surface area contributed by atoms with Crippen molar-refractivity contribution in [2.45, 2.75) is 18.9 Å². The molecule has 1 aromatic carbocycles. The van der Waals surface area contributed by atoms with Crippen LogP contribution in [0, 0.1) is 5.92 Å². The second-order valence-electron chi connectivity index (χ2n) is 4.52. The Labute approximate surface area is 102 Å². The van der Waals surface area contributed by atoms with Gasteiger partial charge in [0.05, 0.1) is 6.54 Å². The van der Waals surface area contributed by atoms with E-state index < -0.39 is 0 Å². The van der Waals surface area contributed by atoms with Gasteiger partial charge in [-0.3, -0.25) is 4.79 Å². The van der Waals surface area contributed by atoms with Crippen LogP contribution in [0.3, 0.4) is 0 Å². The summed E-state index contributed by atoms with van der Waals surface area (Å²) in [4.78, 5) is 11.5. The number of hydrogen-bond acceptors (Lipinski definition) is 3. The van der Waals surface area contributed by atoms with E-state index in [1.807, 2.05) is 30.3 Å². The van der Waals surface area contributed by atoms with Gasteiger partial charge in [-0.15, -0.1) is 0 Å². The van der Waals surface area contributed by atoms with E-state index in [1.165, 1.54) is 12.8 Å². The van der Waals surface area contributed by atoms with Gasteiger partial charge in [0.2, 0.25) is 5.91 Å². The Bertz CT molecular complexity index is 362. The second-order valence-corrected chi connectivity index (χ2v) is 4.52. The van der Waals surface area contributed by atoms with Crippen LogP contribution in [-0.2, 0) is 4.79 Å². The molecular weight excluding hydrogens is 214 g/mol. The average molecular weight is 233 g/mol. The monoisotopic (exact) mass is 233 g/mol. The molecule has 1 aromatic rings. The number of para-hydroxylation sites is 1. The van der Waals surface area contributed by atoms with Gasteiger partial charge in [0, 0.05) is 18.3 Å². The molecule has 0 radical (unpaired) electrons. The molecule has 1 amide bonds. The second kappa shape index (κ2) is 5.68. The molecule has 0 saturated heterocycles. The smallest absolute Gasteiger partial charge is 0.239 e. The van der Waals surface area contributed by atoms with Gasteiger partial charge >= 0.3 is 0 Å². The summed E-state index contributed by atoms with van der Waals surface area (Å²) >= 11 is 0. The van der Waals surface area contributed by atoms with Gasteiger partial charge in [-0.05, 0) is 30.9 Å². The van der Waals surface area contributed by atoms with Crippen molar-refractivity contribution in [1.29, 1.82) is 0 Å². The van der Waals surface area contributed by atoms with Crippen molar-refractivity contribution in [1.82, 2.24) is 5.32 Å². The standard InChI is InChI=1S/C13H19N3O/c14-12(10-6-7-10)8-16-13(17)9-15-11-4-2-1-3-5-11/h1-5,10,12,15H,6-9,14H2,(H,16,17). The number of carbonyl (C=O) groups excluding carboxylic acids is 1. The summed E-state index contributed by atoms with van der Waals surface area (Å²) in [6, 6.07) is 9.80. The Morgan fingerprint density at radius 2 is 2.06 bits per heavy atom. The van der Waals surface area contributed by atoms with Crippen molar-refractivity contribution in [2.24, 2.45) is 11.7 Å². The van der Waals surface area contributed by atoms with Crippen molar-refractivity contribution in [3.8, 4) is 0 Å². The van der Waals surface area contributed by atoms with Gasteiger partial charge < -0.3 is 16.4 Å². The van der Waals surface area contributed by atoms with Crippen molar-refractivity contribution in [3.05, 3.63) is 30.3 Å². The Balaban J connectivity index is 1.63. The molecule has 2 rings (SSSR count). The largest absolute Gasteiger partial charge is 0.376 e. The first-order chi connectivity index (χ1) is 8.25. The maximum atomic E-state index is 11.5. The fraction of sp³-hybridized carbons (Fsp3) is 0.462. The molecule has 4 nitrogen and oxygen atoms in total. The summed E-state index contributed by atoms with van der Waals surface area (Å²) in [5, 5.41) is 5.91. The highest BCUT2D eigenvalue weighted by atomic mass is 16.1. The SMILES string of the molecule is NC(CNC(=O)CNc1ccccc1)C1CC1. The molecule has 0 spiro atoms. The zero-order valence-electron chi connectivity index (χ0n) is 9.86. The normalized spacial score (nSPS) is 16.3. The Morgan fingerprint density at radius 3 is 2.71 bits per heavy atom. The highest BCUT2D eigenvalue weighted by Gasteiger charge is 2.28. The molecule has 17 heavy (non-hydrogen) atoms. The number of nitrogens with one attached hydrogen (secondary N) is 2. The van der Waals surface area contributed by atoms with E-state index in [2.05, 4.69) is 10.6 Å². The molecule has 1 aliphatic carbocycles. The third-order valence-electron chi connectivity index (χ3n) is 2.99. The van der Waals surface area contributed by atoms with Crippen molar-refractivity contribution in [3.63, 3.8) is 0 Å². The van der Waals surface area contributed by atoms with Crippen LogP contribution in [0.15, 0.2) is 30.3 Å². The first-order valence-electron chi connectivity index (χ1n) is 6.07. The maximum Gasteiger partial charge on any atom is 0.239 e. The molecule has 0 aromatic heterocycles. The van der Waals surface area contributed by atoms with Crippen LogP contribution >= 0.6 is 0 Å². The van der Waals surface area contributed by atoms with E-state index in [4.69, 9.17) is 5.73 Å². The van der Waals surface area contributed by atoms with Gasteiger partial charge in [-0.25, -0.2) is 0 Å². The summed E-state index contributed by atoms with van der Waals surface area (Å²) in [5.74, 6) is 0.613. The lowest BCUT2D eigenvalue weighted by Crippen LogP contribution is -2.40. The highest BCUT2D eigenvalue weighted by Crippen LogP contribution is 2.31. The fourth-order valence-corrected chi connectivity index (χ4v) is 1.72. The maximum absolute atomic E-state index is 11.5. The molecule has 0 bridgehead atoms. The van der Waals surface area contributed by atoms with E-state index >= 15 is 0 Å². The van der Waals surface area contributed by atoms with Crippen LogP contribution < -0.4 is 16.4 Å². The van der Waals surface area contributed by atoms with Gasteiger partial charge in [-0.2, -0.15) is 0 Å². The van der Waals surface area contributed by atoms with E-state index in [0.717, 1.165) is 5.69 Å². The topological polar surface area (TPSA) is 67.1 Å². The number of anilines is 1. The molecule has 0 aliphatic heterocycles.